The van der Waals surface area contributed by atoms with E-state index in [1.165, 1.54) is 122 Å². The Morgan fingerprint density at radius 3 is 1.56 bits per heavy atom. The molecular weight excluding hydrogens is 623 g/mol. The predicted molar refractivity (Wildman–Crippen MR) is 201 cm³/mol. The van der Waals surface area contributed by atoms with Gasteiger partial charge in [-0.2, -0.15) is 0 Å². The Balaban J connectivity index is 4.41. The summed E-state index contributed by atoms with van der Waals surface area (Å²) in [5.41, 5.74) is 0. The van der Waals surface area contributed by atoms with Gasteiger partial charge in [0.2, 0.25) is 5.91 Å². The van der Waals surface area contributed by atoms with Crippen molar-refractivity contribution in [2.75, 3.05) is 40.9 Å². The Morgan fingerprint density at radius 2 is 1.12 bits per heavy atom. The lowest BCUT2D eigenvalue weighted by Crippen LogP contribution is -2.45. The quantitative estimate of drug-likeness (QED) is 0.0291. The van der Waals surface area contributed by atoms with Crippen LogP contribution in [-0.2, 0) is 18.4 Å². The topological polar surface area (TPSA) is 108 Å². The number of quaternary nitrogens is 1. The molecule has 0 heterocycles. The van der Waals surface area contributed by atoms with Crippen LogP contribution in [0.25, 0.3) is 0 Å². The van der Waals surface area contributed by atoms with Gasteiger partial charge in [0, 0.05) is 6.42 Å². The Labute approximate surface area is 297 Å². The van der Waals surface area contributed by atoms with E-state index < -0.39 is 20.0 Å². The lowest BCUT2D eigenvalue weighted by atomic mass is 10.0. The number of unbranched alkanes of at least 4 members (excludes halogenated alkanes) is 23. The molecule has 0 saturated heterocycles. The number of phosphoric ester groups is 1. The normalized spacial score (nSPS) is 14.7. The van der Waals surface area contributed by atoms with Crippen LogP contribution in [0.3, 0.4) is 0 Å². The first-order valence-corrected chi connectivity index (χ1v) is 21.5. The number of nitrogens with zero attached hydrogens (tertiary/aromatic N) is 1. The van der Waals surface area contributed by atoms with E-state index in [2.05, 4.69) is 19.2 Å². The Bertz CT molecular complexity index is 804. The highest BCUT2D eigenvalue weighted by Gasteiger charge is 2.23. The van der Waals surface area contributed by atoms with Crippen molar-refractivity contribution in [1.29, 1.82) is 0 Å². The van der Waals surface area contributed by atoms with Crippen LogP contribution < -0.4 is 10.2 Å². The molecule has 286 valence electrons. The highest BCUT2D eigenvalue weighted by molar-refractivity contribution is 7.45. The number of hydrogen-bond donors (Lipinski definition) is 2. The molecule has 0 radical (unpaired) electrons. The number of rotatable bonds is 36. The molecule has 3 atom stereocenters. The average Bonchev–Trinajstić information content (AvgIpc) is 3.02. The van der Waals surface area contributed by atoms with Gasteiger partial charge < -0.3 is 28.8 Å². The first kappa shape index (κ1) is 47.2. The lowest BCUT2D eigenvalue weighted by molar-refractivity contribution is -0.870. The molecule has 0 spiro atoms. The van der Waals surface area contributed by atoms with Crippen LogP contribution in [0.1, 0.15) is 181 Å². The highest BCUT2D eigenvalue weighted by Crippen LogP contribution is 2.38. The van der Waals surface area contributed by atoms with Crippen LogP contribution in [0.2, 0.25) is 0 Å². The van der Waals surface area contributed by atoms with Crippen molar-refractivity contribution in [1.82, 2.24) is 5.32 Å². The van der Waals surface area contributed by atoms with Crippen molar-refractivity contribution < 1.29 is 32.9 Å². The summed E-state index contributed by atoms with van der Waals surface area (Å²) in [6.07, 6.45) is 33.9. The fourth-order valence-corrected chi connectivity index (χ4v) is 6.46. The van der Waals surface area contributed by atoms with Gasteiger partial charge in [-0.3, -0.25) is 9.36 Å². The van der Waals surface area contributed by atoms with Crippen molar-refractivity contribution in [2.45, 2.75) is 193 Å². The van der Waals surface area contributed by atoms with E-state index >= 15 is 0 Å². The number of carbonyl (C=O) groups excluding carboxylic acids is 1. The van der Waals surface area contributed by atoms with Gasteiger partial charge >= 0.3 is 0 Å². The van der Waals surface area contributed by atoms with Crippen molar-refractivity contribution in [3.8, 4) is 0 Å². The smallest absolute Gasteiger partial charge is 0.268 e. The summed E-state index contributed by atoms with van der Waals surface area (Å²) in [6.45, 7) is 4.62. The molecular formula is C39H79N2O6P. The summed E-state index contributed by atoms with van der Waals surface area (Å²) >= 11 is 0. The monoisotopic (exact) mass is 703 g/mol. The van der Waals surface area contributed by atoms with Crippen LogP contribution >= 0.6 is 7.82 Å². The number of hydrogen-bond acceptors (Lipinski definition) is 6. The molecule has 0 rings (SSSR count). The second-order valence-corrected chi connectivity index (χ2v) is 16.4. The minimum atomic E-state index is -4.57. The minimum Gasteiger partial charge on any atom is -0.756 e. The second-order valence-electron chi connectivity index (χ2n) is 15.0. The van der Waals surface area contributed by atoms with Crippen LogP contribution in [0, 0.1) is 0 Å². The molecule has 0 aromatic carbocycles. The van der Waals surface area contributed by atoms with Gasteiger partial charge in [-0.1, -0.05) is 167 Å². The average molecular weight is 703 g/mol. The van der Waals surface area contributed by atoms with Crippen LogP contribution in [-0.4, -0.2) is 68.5 Å². The largest absolute Gasteiger partial charge is 0.756 e. The number of nitrogens with one attached hydrogen (secondary N) is 1. The Hall–Kier alpha value is -0.760. The number of likely N-dealkylation sites (N-methyl/N-ethyl adjacent to an activating group) is 1. The zero-order valence-corrected chi connectivity index (χ0v) is 33.1. The first-order chi connectivity index (χ1) is 23.0. The van der Waals surface area contributed by atoms with Gasteiger partial charge in [0.15, 0.2) is 0 Å². The summed E-state index contributed by atoms with van der Waals surface area (Å²) in [7, 11) is 1.27. The van der Waals surface area contributed by atoms with E-state index in [9.17, 15) is 19.4 Å². The molecule has 0 bridgehead atoms. The molecule has 0 aliphatic rings. The van der Waals surface area contributed by atoms with Crippen LogP contribution in [0.15, 0.2) is 12.2 Å². The third-order valence-electron chi connectivity index (χ3n) is 9.00. The minimum absolute atomic E-state index is 0.00161. The van der Waals surface area contributed by atoms with E-state index in [4.69, 9.17) is 9.05 Å². The first-order valence-electron chi connectivity index (χ1n) is 20.1. The number of amides is 1. The lowest BCUT2D eigenvalue weighted by Gasteiger charge is -2.29. The maximum atomic E-state index is 12.8. The van der Waals surface area contributed by atoms with Crippen LogP contribution in [0.4, 0.5) is 0 Å². The Morgan fingerprint density at radius 1 is 0.708 bits per heavy atom. The van der Waals surface area contributed by atoms with E-state index in [1.807, 2.05) is 27.2 Å². The van der Waals surface area contributed by atoms with Gasteiger partial charge in [0.05, 0.1) is 39.9 Å². The van der Waals surface area contributed by atoms with E-state index in [0.29, 0.717) is 17.4 Å². The van der Waals surface area contributed by atoms with Crippen LogP contribution in [0.5, 0.6) is 0 Å². The van der Waals surface area contributed by atoms with Gasteiger partial charge in [0.25, 0.3) is 7.82 Å². The Kier molecular flexibility index (Phi) is 31.7. The second kappa shape index (κ2) is 32.2. The van der Waals surface area contributed by atoms with Crippen molar-refractivity contribution in [3.63, 3.8) is 0 Å². The predicted octanol–water partition coefficient (Wildman–Crippen LogP) is 9.78. The fourth-order valence-electron chi connectivity index (χ4n) is 5.74. The molecule has 2 N–H and O–H groups in total. The summed E-state index contributed by atoms with van der Waals surface area (Å²) < 4.78 is 23.1. The third-order valence-corrected chi connectivity index (χ3v) is 9.96. The molecule has 0 fully saturated rings. The van der Waals surface area contributed by atoms with Gasteiger partial charge in [-0.15, -0.1) is 0 Å². The van der Waals surface area contributed by atoms with E-state index in [1.54, 1.807) is 6.08 Å². The SMILES string of the molecule is CCCCCCCCCC/C=C/C(O)C(COP(=O)([O-])OCC[N+](C)(C)C)NC(=O)CCCCCCCCCCCCCCCCCC. The van der Waals surface area contributed by atoms with E-state index in [0.717, 1.165) is 38.5 Å². The number of allylic oxidation sites excluding steroid dienone is 1. The molecule has 0 aromatic heterocycles. The molecule has 0 aliphatic heterocycles. The zero-order chi connectivity index (χ0) is 35.8. The number of carbonyl (C=O) groups is 1. The number of aliphatic hydroxyl groups is 1. The third kappa shape index (κ3) is 33.7. The van der Waals surface area contributed by atoms with Gasteiger partial charge in [-0.25, -0.2) is 0 Å². The van der Waals surface area contributed by atoms with Gasteiger partial charge in [-0.05, 0) is 19.3 Å². The molecule has 8 nitrogen and oxygen atoms in total. The number of phosphoric acid groups is 1. The fraction of sp³-hybridized carbons (Fsp3) is 0.923. The summed E-state index contributed by atoms with van der Waals surface area (Å²) in [6, 6.07) is -0.877. The zero-order valence-electron chi connectivity index (χ0n) is 32.2. The molecule has 1 amide bonds. The van der Waals surface area contributed by atoms with Crippen molar-refractivity contribution in [2.24, 2.45) is 0 Å². The maximum absolute atomic E-state index is 12.8. The summed E-state index contributed by atoms with van der Waals surface area (Å²) in [5.74, 6) is -0.198. The standard InChI is InChI=1S/C39H79N2O6P/c1-6-8-10-12-14-16-18-19-20-21-22-23-25-27-29-31-33-39(43)40-37(36-47-48(44,45)46-35-34-41(3,4)5)38(42)32-30-28-26-24-17-15-13-11-9-7-2/h30,32,37-38,42H,6-29,31,33-36H2,1-5H3,(H-,40,43,44,45)/b32-30+. The summed E-state index contributed by atoms with van der Waals surface area (Å²) in [4.78, 5) is 25.1. The molecule has 3 unspecified atom stereocenters. The van der Waals surface area contributed by atoms with Crippen molar-refractivity contribution >= 4 is 13.7 Å². The highest BCUT2D eigenvalue weighted by atomic mass is 31.2. The molecule has 0 aliphatic carbocycles. The molecule has 0 saturated carbocycles. The van der Waals surface area contributed by atoms with Gasteiger partial charge in [0.1, 0.15) is 13.2 Å². The van der Waals surface area contributed by atoms with E-state index in [-0.39, 0.29) is 19.1 Å². The van der Waals surface area contributed by atoms with Crippen molar-refractivity contribution in [3.05, 3.63) is 12.2 Å². The number of aliphatic hydroxyl groups excluding tert-OH is 1. The molecule has 0 aromatic rings. The summed E-state index contributed by atoms with van der Waals surface area (Å²) in [5, 5.41) is 13.7. The maximum Gasteiger partial charge on any atom is 0.268 e. The molecule has 9 heteroatoms. The molecule has 48 heavy (non-hydrogen) atoms.